The van der Waals surface area contributed by atoms with Crippen molar-refractivity contribution in [2.45, 2.75) is 45.1 Å². The molecule has 20 heavy (non-hydrogen) atoms. The van der Waals surface area contributed by atoms with Gasteiger partial charge in [0.25, 0.3) is 0 Å². The fraction of sp³-hybridized carbons (Fsp3) is 0.769. The molecule has 2 unspecified atom stereocenters. The zero-order valence-corrected chi connectivity index (χ0v) is 11.7. The van der Waals surface area contributed by atoms with Gasteiger partial charge in [0.05, 0.1) is 18.9 Å². The molecule has 0 bridgehead atoms. The van der Waals surface area contributed by atoms with E-state index >= 15 is 0 Å². The lowest BCUT2D eigenvalue weighted by Gasteiger charge is -2.29. The first-order valence-electron chi connectivity index (χ1n) is 6.97. The summed E-state index contributed by atoms with van der Waals surface area (Å²) in [6, 6.07) is -0.781. The maximum Gasteiger partial charge on any atom is 0.315 e. The van der Waals surface area contributed by atoms with E-state index in [-0.39, 0.29) is 25.0 Å². The van der Waals surface area contributed by atoms with Crippen LogP contribution in [-0.4, -0.2) is 42.3 Å². The average Bonchev–Trinajstić information content (AvgIpc) is 2.39. The van der Waals surface area contributed by atoms with Gasteiger partial charge in [0.2, 0.25) is 0 Å². The first-order chi connectivity index (χ1) is 9.54. The van der Waals surface area contributed by atoms with E-state index in [9.17, 15) is 14.4 Å². The predicted molar refractivity (Wildman–Crippen MR) is 71.2 cm³/mol. The molecule has 1 fully saturated rings. The number of hydrogen-bond acceptors (Lipinski definition) is 4. The maximum absolute atomic E-state index is 11.7. The van der Waals surface area contributed by atoms with Gasteiger partial charge < -0.3 is 20.5 Å². The number of ether oxygens (including phenoxy) is 1. The van der Waals surface area contributed by atoms with Crippen molar-refractivity contribution in [2.24, 2.45) is 5.92 Å². The minimum Gasteiger partial charge on any atom is -0.481 e. The summed E-state index contributed by atoms with van der Waals surface area (Å²) in [7, 11) is 0. The molecule has 0 spiro atoms. The Hall–Kier alpha value is -1.79. The lowest BCUT2D eigenvalue weighted by molar-refractivity contribution is -0.144. The Labute approximate surface area is 118 Å². The average molecular weight is 286 g/mol. The molecular weight excluding hydrogens is 264 g/mol. The van der Waals surface area contributed by atoms with Gasteiger partial charge in [-0.1, -0.05) is 12.8 Å². The molecule has 7 heteroatoms. The van der Waals surface area contributed by atoms with Gasteiger partial charge in [-0.2, -0.15) is 0 Å². The van der Waals surface area contributed by atoms with E-state index in [1.54, 1.807) is 6.92 Å². The molecule has 0 aromatic heterocycles. The fourth-order valence-electron chi connectivity index (χ4n) is 2.33. The Kier molecular flexibility index (Phi) is 6.83. The van der Waals surface area contributed by atoms with Crippen LogP contribution in [0.1, 0.15) is 39.0 Å². The summed E-state index contributed by atoms with van der Waals surface area (Å²) in [5.74, 6) is -1.77. The van der Waals surface area contributed by atoms with Crippen LogP contribution in [0.15, 0.2) is 0 Å². The first-order valence-corrected chi connectivity index (χ1v) is 6.97. The zero-order valence-electron chi connectivity index (χ0n) is 11.7. The highest BCUT2D eigenvalue weighted by atomic mass is 16.5. The number of carbonyl (C=O) groups excluding carboxylic acids is 2. The molecular formula is C13H22N2O5. The Bertz CT molecular complexity index is 359. The molecule has 0 heterocycles. The lowest BCUT2D eigenvalue weighted by Crippen LogP contribution is -2.49. The lowest BCUT2D eigenvalue weighted by atomic mass is 9.84. The van der Waals surface area contributed by atoms with E-state index < -0.39 is 17.9 Å². The highest BCUT2D eigenvalue weighted by molar-refractivity contribution is 5.77. The topological polar surface area (TPSA) is 105 Å². The summed E-state index contributed by atoms with van der Waals surface area (Å²) in [6.45, 7) is 2.20. The van der Waals surface area contributed by atoms with Crippen LogP contribution in [0.3, 0.4) is 0 Å². The van der Waals surface area contributed by atoms with E-state index in [4.69, 9.17) is 9.84 Å². The van der Waals surface area contributed by atoms with Crippen molar-refractivity contribution in [3.8, 4) is 0 Å². The van der Waals surface area contributed by atoms with Gasteiger partial charge in [0, 0.05) is 12.6 Å². The molecule has 0 saturated heterocycles. The van der Waals surface area contributed by atoms with Gasteiger partial charge in [-0.3, -0.25) is 9.59 Å². The Morgan fingerprint density at radius 3 is 2.60 bits per heavy atom. The second-order valence-electron chi connectivity index (χ2n) is 4.79. The zero-order chi connectivity index (χ0) is 15.0. The molecule has 2 amide bonds. The van der Waals surface area contributed by atoms with Crippen molar-refractivity contribution in [3.63, 3.8) is 0 Å². The Balaban J connectivity index is 2.30. The number of carboxylic acids is 1. The Morgan fingerprint density at radius 1 is 1.25 bits per heavy atom. The molecule has 3 N–H and O–H groups in total. The summed E-state index contributed by atoms with van der Waals surface area (Å²) in [4.78, 5) is 33.8. The minimum atomic E-state index is -0.874. The molecule has 114 valence electrons. The third-order valence-electron chi connectivity index (χ3n) is 3.32. The van der Waals surface area contributed by atoms with Crippen LogP contribution in [0, 0.1) is 5.92 Å². The molecule has 0 aromatic rings. The molecule has 0 aliphatic heterocycles. The van der Waals surface area contributed by atoms with Gasteiger partial charge in [-0.05, 0) is 19.8 Å². The van der Waals surface area contributed by atoms with Gasteiger partial charge in [0.15, 0.2) is 0 Å². The molecule has 2 atom stereocenters. The number of amides is 2. The van der Waals surface area contributed by atoms with Crippen molar-refractivity contribution in [3.05, 3.63) is 0 Å². The van der Waals surface area contributed by atoms with E-state index in [0.29, 0.717) is 19.4 Å². The van der Waals surface area contributed by atoms with Gasteiger partial charge >= 0.3 is 18.0 Å². The molecule has 1 rings (SSSR count). The summed E-state index contributed by atoms with van der Waals surface area (Å²) in [6.07, 6.45) is 3.15. The van der Waals surface area contributed by atoms with Crippen LogP contribution in [0.5, 0.6) is 0 Å². The summed E-state index contributed by atoms with van der Waals surface area (Å²) < 4.78 is 4.73. The van der Waals surface area contributed by atoms with Crippen LogP contribution in [0.4, 0.5) is 4.79 Å². The molecule has 1 aliphatic rings. The number of carbonyl (C=O) groups is 3. The third-order valence-corrected chi connectivity index (χ3v) is 3.32. The molecule has 7 nitrogen and oxygen atoms in total. The van der Waals surface area contributed by atoms with E-state index in [0.717, 1.165) is 12.8 Å². The molecule has 1 saturated carbocycles. The molecule has 0 aromatic carbocycles. The van der Waals surface area contributed by atoms with Gasteiger partial charge in [0.1, 0.15) is 0 Å². The number of urea groups is 1. The van der Waals surface area contributed by atoms with Crippen molar-refractivity contribution >= 4 is 18.0 Å². The van der Waals surface area contributed by atoms with Crippen molar-refractivity contribution in [1.29, 1.82) is 0 Å². The standard InChI is InChI=1S/C13H22N2O5/c1-2-20-11(16)7-8-14-13(19)15-10-6-4-3-5-9(10)12(17)18/h9-10H,2-8H2,1H3,(H,17,18)(H2,14,15,19). The van der Waals surface area contributed by atoms with E-state index in [2.05, 4.69) is 10.6 Å². The van der Waals surface area contributed by atoms with Crippen LogP contribution in [-0.2, 0) is 14.3 Å². The van der Waals surface area contributed by atoms with Crippen molar-refractivity contribution < 1.29 is 24.2 Å². The van der Waals surface area contributed by atoms with Crippen LogP contribution in [0.25, 0.3) is 0 Å². The third kappa shape index (κ3) is 5.46. The van der Waals surface area contributed by atoms with Crippen LogP contribution < -0.4 is 10.6 Å². The maximum atomic E-state index is 11.7. The smallest absolute Gasteiger partial charge is 0.315 e. The normalized spacial score (nSPS) is 21.9. The fourth-order valence-corrected chi connectivity index (χ4v) is 2.33. The SMILES string of the molecule is CCOC(=O)CCNC(=O)NC1CCCCC1C(=O)O. The molecule has 0 radical (unpaired) electrons. The first kappa shape index (κ1) is 16.3. The monoisotopic (exact) mass is 286 g/mol. The van der Waals surface area contributed by atoms with Gasteiger partial charge in [-0.15, -0.1) is 0 Å². The number of carboxylic acid groups (broad SMARTS) is 1. The van der Waals surface area contributed by atoms with Crippen molar-refractivity contribution in [2.75, 3.05) is 13.2 Å². The van der Waals surface area contributed by atoms with Crippen molar-refractivity contribution in [1.82, 2.24) is 10.6 Å². The second-order valence-corrected chi connectivity index (χ2v) is 4.79. The largest absolute Gasteiger partial charge is 0.481 e. The number of aliphatic carboxylic acids is 1. The van der Waals surface area contributed by atoms with Crippen LogP contribution >= 0.6 is 0 Å². The Morgan fingerprint density at radius 2 is 1.95 bits per heavy atom. The van der Waals surface area contributed by atoms with Crippen LogP contribution in [0.2, 0.25) is 0 Å². The minimum absolute atomic E-state index is 0.105. The quantitative estimate of drug-likeness (QED) is 0.629. The predicted octanol–water partition coefficient (Wildman–Crippen LogP) is 0.882. The highest BCUT2D eigenvalue weighted by Gasteiger charge is 2.31. The van der Waals surface area contributed by atoms with E-state index in [1.165, 1.54) is 0 Å². The number of rotatable bonds is 6. The van der Waals surface area contributed by atoms with E-state index in [1.807, 2.05) is 0 Å². The highest BCUT2D eigenvalue weighted by Crippen LogP contribution is 2.24. The number of hydrogen-bond donors (Lipinski definition) is 3. The van der Waals surface area contributed by atoms with Gasteiger partial charge in [-0.25, -0.2) is 4.79 Å². The second kappa shape index (κ2) is 8.39. The number of esters is 1. The number of nitrogens with one attached hydrogen (secondary N) is 2. The summed E-state index contributed by atoms with van der Waals surface area (Å²) >= 11 is 0. The summed E-state index contributed by atoms with van der Waals surface area (Å²) in [5.41, 5.74) is 0. The summed E-state index contributed by atoms with van der Waals surface area (Å²) in [5, 5.41) is 14.3. The molecule has 1 aliphatic carbocycles.